The van der Waals surface area contributed by atoms with Gasteiger partial charge in [0.1, 0.15) is 0 Å². The minimum atomic E-state index is 0.327. The van der Waals surface area contributed by atoms with E-state index in [4.69, 9.17) is 4.74 Å². The summed E-state index contributed by atoms with van der Waals surface area (Å²) in [4.78, 5) is 14.3. The molecular formula is C17H32N2O2. The zero-order valence-corrected chi connectivity index (χ0v) is 13.8. The van der Waals surface area contributed by atoms with Gasteiger partial charge >= 0.3 is 0 Å². The molecule has 2 aliphatic heterocycles. The summed E-state index contributed by atoms with van der Waals surface area (Å²) < 4.78 is 5.39. The molecule has 1 N–H and O–H groups in total. The molecule has 1 atom stereocenters. The van der Waals surface area contributed by atoms with Gasteiger partial charge < -0.3 is 15.0 Å². The smallest absolute Gasteiger partial charge is 0.222 e. The van der Waals surface area contributed by atoms with Gasteiger partial charge in [-0.3, -0.25) is 4.79 Å². The fourth-order valence-corrected chi connectivity index (χ4v) is 3.55. The maximum Gasteiger partial charge on any atom is 0.222 e. The molecule has 2 saturated heterocycles. The van der Waals surface area contributed by atoms with Gasteiger partial charge in [-0.1, -0.05) is 6.92 Å². The highest BCUT2D eigenvalue weighted by Crippen LogP contribution is 2.25. The molecule has 0 radical (unpaired) electrons. The number of carbonyl (C=O) groups excluding carboxylic acids is 1. The Morgan fingerprint density at radius 2 is 1.90 bits per heavy atom. The maximum atomic E-state index is 12.4. The van der Waals surface area contributed by atoms with Crippen molar-refractivity contribution >= 4 is 5.91 Å². The number of hydrogen-bond acceptors (Lipinski definition) is 3. The van der Waals surface area contributed by atoms with Gasteiger partial charge in [0.15, 0.2) is 0 Å². The largest absolute Gasteiger partial charge is 0.381 e. The quantitative estimate of drug-likeness (QED) is 0.817. The van der Waals surface area contributed by atoms with Crippen LogP contribution >= 0.6 is 0 Å². The predicted molar refractivity (Wildman–Crippen MR) is 85.2 cm³/mol. The molecule has 0 saturated carbocycles. The Morgan fingerprint density at radius 3 is 2.57 bits per heavy atom. The number of ether oxygens (including phenoxy) is 1. The summed E-state index contributed by atoms with van der Waals surface area (Å²) in [6.07, 6.45) is 6.61. The van der Waals surface area contributed by atoms with E-state index in [1.54, 1.807) is 0 Å². The Labute approximate surface area is 129 Å². The van der Waals surface area contributed by atoms with Crippen molar-refractivity contribution < 1.29 is 9.53 Å². The molecular weight excluding hydrogens is 264 g/mol. The highest BCUT2D eigenvalue weighted by molar-refractivity contribution is 5.76. The van der Waals surface area contributed by atoms with Gasteiger partial charge in [-0.2, -0.15) is 0 Å². The summed E-state index contributed by atoms with van der Waals surface area (Å²) in [7, 11) is 1.97. The van der Waals surface area contributed by atoms with Crippen molar-refractivity contribution in [1.29, 1.82) is 0 Å². The van der Waals surface area contributed by atoms with E-state index in [1.165, 1.54) is 12.8 Å². The van der Waals surface area contributed by atoms with Crippen LogP contribution < -0.4 is 5.32 Å². The third-order valence-corrected chi connectivity index (χ3v) is 5.32. The normalized spacial score (nSPS) is 23.0. The van der Waals surface area contributed by atoms with Crippen LogP contribution in [0.4, 0.5) is 0 Å². The highest BCUT2D eigenvalue weighted by atomic mass is 16.5. The average molecular weight is 296 g/mol. The Kier molecular flexibility index (Phi) is 6.97. The lowest BCUT2D eigenvalue weighted by atomic mass is 9.84. The second-order valence-electron chi connectivity index (χ2n) is 6.93. The van der Waals surface area contributed by atoms with Crippen molar-refractivity contribution in [3.05, 3.63) is 0 Å². The molecule has 21 heavy (non-hydrogen) atoms. The van der Waals surface area contributed by atoms with Crippen molar-refractivity contribution in [2.24, 2.45) is 17.8 Å². The van der Waals surface area contributed by atoms with Crippen molar-refractivity contribution in [3.8, 4) is 0 Å². The first kappa shape index (κ1) is 16.8. The van der Waals surface area contributed by atoms with Gasteiger partial charge in [-0.15, -0.1) is 0 Å². The lowest BCUT2D eigenvalue weighted by Crippen LogP contribution is -2.35. The maximum absolute atomic E-state index is 12.4. The average Bonchev–Trinajstić information content (AvgIpc) is 2.54. The molecule has 2 aliphatic rings. The first-order valence-corrected chi connectivity index (χ1v) is 8.69. The lowest BCUT2D eigenvalue weighted by Gasteiger charge is -2.30. The summed E-state index contributed by atoms with van der Waals surface area (Å²) in [5, 5.41) is 3.40. The van der Waals surface area contributed by atoms with E-state index in [2.05, 4.69) is 12.2 Å². The van der Waals surface area contributed by atoms with Crippen LogP contribution in [0, 0.1) is 17.8 Å². The molecule has 4 heteroatoms. The molecule has 0 aromatic heterocycles. The monoisotopic (exact) mass is 296 g/mol. The van der Waals surface area contributed by atoms with E-state index in [0.29, 0.717) is 11.8 Å². The molecule has 0 aliphatic carbocycles. The molecule has 4 nitrogen and oxygen atoms in total. The molecule has 2 rings (SSSR count). The third kappa shape index (κ3) is 5.59. The minimum Gasteiger partial charge on any atom is -0.381 e. The van der Waals surface area contributed by atoms with Crippen LogP contribution in [0.25, 0.3) is 0 Å². The molecule has 122 valence electrons. The van der Waals surface area contributed by atoms with Gasteiger partial charge in [0, 0.05) is 33.2 Å². The van der Waals surface area contributed by atoms with E-state index in [1.807, 2.05) is 11.9 Å². The Morgan fingerprint density at radius 1 is 1.24 bits per heavy atom. The zero-order chi connectivity index (χ0) is 15.1. The molecule has 1 amide bonds. The first-order chi connectivity index (χ1) is 10.2. The van der Waals surface area contributed by atoms with Gasteiger partial charge in [-0.05, 0) is 62.9 Å². The molecule has 0 bridgehead atoms. The Bertz CT molecular complexity index is 310. The number of nitrogens with one attached hydrogen (secondary N) is 1. The second-order valence-corrected chi connectivity index (χ2v) is 6.93. The van der Waals surface area contributed by atoms with E-state index in [-0.39, 0.29) is 0 Å². The van der Waals surface area contributed by atoms with Crippen molar-refractivity contribution in [3.63, 3.8) is 0 Å². The molecule has 0 spiro atoms. The predicted octanol–water partition coefficient (Wildman–Crippen LogP) is 2.29. The standard InChI is InChI=1S/C17H32N2O2/c1-14(16-3-8-18-9-4-16)13-17(20)19(2)10-5-15-6-11-21-12-7-15/h14-16,18H,3-13H2,1-2H3. The Hall–Kier alpha value is -0.610. The molecule has 0 aromatic rings. The number of piperidine rings is 1. The van der Waals surface area contributed by atoms with E-state index in [0.717, 1.165) is 70.4 Å². The van der Waals surface area contributed by atoms with Crippen LogP contribution in [0.5, 0.6) is 0 Å². The third-order valence-electron chi connectivity index (χ3n) is 5.32. The zero-order valence-electron chi connectivity index (χ0n) is 13.8. The number of hydrogen-bond donors (Lipinski definition) is 1. The van der Waals surface area contributed by atoms with Crippen molar-refractivity contribution in [2.45, 2.75) is 45.4 Å². The van der Waals surface area contributed by atoms with Crippen LogP contribution in [0.2, 0.25) is 0 Å². The molecule has 2 heterocycles. The molecule has 2 fully saturated rings. The molecule has 0 aromatic carbocycles. The van der Waals surface area contributed by atoms with Crippen molar-refractivity contribution in [2.75, 3.05) is 39.9 Å². The van der Waals surface area contributed by atoms with Crippen LogP contribution in [-0.4, -0.2) is 50.7 Å². The van der Waals surface area contributed by atoms with Gasteiger partial charge in [0.25, 0.3) is 0 Å². The second kappa shape index (κ2) is 8.74. The van der Waals surface area contributed by atoms with Crippen LogP contribution in [0.15, 0.2) is 0 Å². The summed E-state index contributed by atoms with van der Waals surface area (Å²) in [5.41, 5.74) is 0. The SMILES string of the molecule is CC(CC(=O)N(C)CCC1CCOCC1)C1CCNCC1. The number of nitrogens with zero attached hydrogens (tertiary/aromatic N) is 1. The van der Waals surface area contributed by atoms with Crippen LogP contribution in [0.1, 0.15) is 45.4 Å². The van der Waals surface area contributed by atoms with E-state index < -0.39 is 0 Å². The summed E-state index contributed by atoms with van der Waals surface area (Å²) in [6.45, 7) is 7.18. The van der Waals surface area contributed by atoms with E-state index >= 15 is 0 Å². The van der Waals surface area contributed by atoms with Crippen molar-refractivity contribution in [1.82, 2.24) is 10.2 Å². The lowest BCUT2D eigenvalue weighted by molar-refractivity contribution is -0.131. The summed E-state index contributed by atoms with van der Waals surface area (Å²) in [6, 6.07) is 0. The summed E-state index contributed by atoms with van der Waals surface area (Å²) >= 11 is 0. The van der Waals surface area contributed by atoms with Gasteiger partial charge in [0.05, 0.1) is 0 Å². The fraction of sp³-hybridized carbons (Fsp3) is 0.941. The number of carbonyl (C=O) groups is 1. The first-order valence-electron chi connectivity index (χ1n) is 8.69. The Balaban J connectivity index is 1.66. The molecule has 1 unspecified atom stereocenters. The fourth-order valence-electron chi connectivity index (χ4n) is 3.55. The van der Waals surface area contributed by atoms with Crippen LogP contribution in [-0.2, 0) is 9.53 Å². The minimum absolute atomic E-state index is 0.327. The number of rotatable bonds is 6. The summed E-state index contributed by atoms with van der Waals surface area (Å²) in [5.74, 6) is 2.31. The van der Waals surface area contributed by atoms with Crippen LogP contribution in [0.3, 0.4) is 0 Å². The number of amides is 1. The highest BCUT2D eigenvalue weighted by Gasteiger charge is 2.23. The van der Waals surface area contributed by atoms with Gasteiger partial charge in [0.2, 0.25) is 5.91 Å². The van der Waals surface area contributed by atoms with E-state index in [9.17, 15) is 4.79 Å². The topological polar surface area (TPSA) is 41.6 Å². The van der Waals surface area contributed by atoms with Gasteiger partial charge in [-0.25, -0.2) is 0 Å².